The number of thiophene rings is 1. The zero-order valence-electron chi connectivity index (χ0n) is 8.85. The quantitative estimate of drug-likeness (QED) is 0.727. The van der Waals surface area contributed by atoms with Gasteiger partial charge in [-0.3, -0.25) is 0 Å². The molecule has 0 radical (unpaired) electrons. The number of hydrogen-bond donors (Lipinski definition) is 1. The topological polar surface area (TPSA) is 38.9 Å². The number of benzene rings is 1. The molecule has 2 heterocycles. The van der Waals surface area contributed by atoms with Gasteiger partial charge < -0.3 is 5.73 Å². The molecule has 0 aliphatic rings. The van der Waals surface area contributed by atoms with Crippen molar-refractivity contribution < 1.29 is 0 Å². The average Bonchev–Trinajstić information content (AvgIpc) is 2.75. The number of pyridine rings is 1. The summed E-state index contributed by atoms with van der Waals surface area (Å²) in [6.07, 6.45) is 1.75. The van der Waals surface area contributed by atoms with Crippen LogP contribution in [0.3, 0.4) is 0 Å². The molecule has 3 aromatic rings. The molecule has 0 unspecified atom stereocenters. The highest BCUT2D eigenvalue weighted by molar-refractivity contribution is 9.10. The molecule has 2 nitrogen and oxygen atoms in total. The smallest absolute Gasteiger partial charge is 0.132 e. The van der Waals surface area contributed by atoms with Crippen LogP contribution in [0.5, 0.6) is 0 Å². The molecule has 0 amide bonds. The van der Waals surface area contributed by atoms with E-state index in [1.54, 1.807) is 17.5 Å². The first kappa shape index (κ1) is 10.7. The molecule has 17 heavy (non-hydrogen) atoms. The highest BCUT2D eigenvalue weighted by atomic mass is 79.9. The van der Waals surface area contributed by atoms with E-state index in [1.165, 1.54) is 10.3 Å². The van der Waals surface area contributed by atoms with Crippen LogP contribution in [0, 0.1) is 0 Å². The van der Waals surface area contributed by atoms with Crippen LogP contribution in [0.1, 0.15) is 0 Å². The van der Waals surface area contributed by atoms with Gasteiger partial charge in [0.15, 0.2) is 0 Å². The van der Waals surface area contributed by atoms with Crippen LogP contribution >= 0.6 is 27.3 Å². The van der Waals surface area contributed by atoms with Crippen molar-refractivity contribution in [2.24, 2.45) is 0 Å². The van der Waals surface area contributed by atoms with Crippen LogP contribution in [0.2, 0.25) is 0 Å². The lowest BCUT2D eigenvalue weighted by Crippen LogP contribution is -1.89. The molecular weight excluding hydrogens is 296 g/mol. The number of hydrogen-bond acceptors (Lipinski definition) is 3. The minimum absolute atomic E-state index is 0.599. The van der Waals surface area contributed by atoms with Crippen LogP contribution in [0.25, 0.3) is 21.2 Å². The van der Waals surface area contributed by atoms with Crippen molar-refractivity contribution in [2.75, 3.05) is 5.73 Å². The third kappa shape index (κ3) is 1.83. The Bertz CT molecular complexity index is 673. The fraction of sp³-hybridized carbons (Fsp3) is 0. The standard InChI is InChI=1S/C13H9BrN2S/c14-9-3-1-8(2-4-9)10-7-17-11-5-6-16-13(15)12(10)11/h1-7H,(H2,15,16). The Kier molecular flexibility index (Phi) is 2.61. The SMILES string of the molecule is Nc1nccc2scc(-c3ccc(Br)cc3)c12. The number of rotatable bonds is 1. The number of aromatic nitrogens is 1. The van der Waals surface area contributed by atoms with E-state index in [0.717, 1.165) is 15.4 Å². The Hall–Kier alpha value is -1.39. The lowest BCUT2D eigenvalue weighted by molar-refractivity contribution is 1.38. The third-order valence-corrected chi connectivity index (χ3v) is 4.15. The number of anilines is 1. The van der Waals surface area contributed by atoms with E-state index >= 15 is 0 Å². The van der Waals surface area contributed by atoms with Gasteiger partial charge in [0.25, 0.3) is 0 Å². The van der Waals surface area contributed by atoms with E-state index in [1.807, 2.05) is 18.2 Å². The second-order valence-corrected chi connectivity index (χ2v) is 5.55. The number of nitrogens with two attached hydrogens (primary N) is 1. The molecule has 4 heteroatoms. The number of nitrogen functional groups attached to an aromatic ring is 1. The van der Waals surface area contributed by atoms with Gasteiger partial charge in [0, 0.05) is 26.3 Å². The summed E-state index contributed by atoms with van der Waals surface area (Å²) >= 11 is 5.13. The van der Waals surface area contributed by atoms with Gasteiger partial charge in [0.05, 0.1) is 0 Å². The van der Waals surface area contributed by atoms with E-state index in [2.05, 4.69) is 38.4 Å². The van der Waals surface area contributed by atoms with Crippen molar-refractivity contribution in [1.82, 2.24) is 4.98 Å². The van der Waals surface area contributed by atoms with E-state index < -0.39 is 0 Å². The third-order valence-electron chi connectivity index (χ3n) is 2.67. The maximum atomic E-state index is 5.96. The minimum Gasteiger partial charge on any atom is -0.383 e. The zero-order valence-corrected chi connectivity index (χ0v) is 11.3. The normalized spacial score (nSPS) is 10.9. The van der Waals surface area contributed by atoms with Crippen LogP contribution < -0.4 is 5.73 Å². The van der Waals surface area contributed by atoms with Crippen LogP contribution in [0.4, 0.5) is 5.82 Å². The Morgan fingerprint density at radius 3 is 2.65 bits per heavy atom. The Labute approximate surface area is 111 Å². The van der Waals surface area contributed by atoms with Gasteiger partial charge in [-0.2, -0.15) is 0 Å². The van der Waals surface area contributed by atoms with Gasteiger partial charge in [-0.25, -0.2) is 4.98 Å². The van der Waals surface area contributed by atoms with Gasteiger partial charge in [-0.15, -0.1) is 11.3 Å². The van der Waals surface area contributed by atoms with Gasteiger partial charge in [-0.1, -0.05) is 28.1 Å². The Morgan fingerprint density at radius 1 is 1.12 bits per heavy atom. The molecule has 0 spiro atoms. The Balaban J connectivity index is 2.27. The summed E-state index contributed by atoms with van der Waals surface area (Å²) in [6, 6.07) is 10.2. The molecule has 2 N–H and O–H groups in total. The molecule has 0 fully saturated rings. The van der Waals surface area contributed by atoms with Gasteiger partial charge in [0.1, 0.15) is 5.82 Å². The van der Waals surface area contributed by atoms with Crippen molar-refractivity contribution in [1.29, 1.82) is 0 Å². The molecule has 2 aromatic heterocycles. The fourth-order valence-corrected chi connectivity index (χ4v) is 3.09. The van der Waals surface area contributed by atoms with Crippen LogP contribution in [0.15, 0.2) is 46.4 Å². The number of nitrogens with zero attached hydrogens (tertiary/aromatic N) is 1. The lowest BCUT2D eigenvalue weighted by Gasteiger charge is -2.02. The largest absolute Gasteiger partial charge is 0.383 e. The maximum absolute atomic E-state index is 5.96. The molecule has 0 saturated heterocycles. The van der Waals surface area contributed by atoms with Crippen LogP contribution in [-0.4, -0.2) is 4.98 Å². The van der Waals surface area contributed by atoms with Crippen molar-refractivity contribution in [3.8, 4) is 11.1 Å². The minimum atomic E-state index is 0.599. The van der Waals surface area contributed by atoms with Crippen molar-refractivity contribution >= 4 is 43.2 Å². The predicted molar refractivity (Wildman–Crippen MR) is 77.2 cm³/mol. The fourth-order valence-electron chi connectivity index (χ4n) is 1.85. The van der Waals surface area contributed by atoms with Gasteiger partial charge in [0.2, 0.25) is 0 Å². The van der Waals surface area contributed by atoms with Crippen LogP contribution in [-0.2, 0) is 0 Å². The molecule has 1 aromatic carbocycles. The summed E-state index contributed by atoms with van der Waals surface area (Å²) in [7, 11) is 0. The molecule has 0 aliphatic carbocycles. The highest BCUT2D eigenvalue weighted by Crippen LogP contribution is 2.36. The summed E-state index contributed by atoms with van der Waals surface area (Å²) in [6.45, 7) is 0. The molecule has 84 valence electrons. The molecule has 3 rings (SSSR count). The first-order chi connectivity index (χ1) is 8.25. The second kappa shape index (κ2) is 4.13. The summed E-state index contributed by atoms with van der Waals surface area (Å²) in [5.41, 5.74) is 8.28. The van der Waals surface area contributed by atoms with Gasteiger partial charge in [-0.05, 0) is 29.1 Å². The first-order valence-electron chi connectivity index (χ1n) is 5.13. The van der Waals surface area contributed by atoms with E-state index in [-0.39, 0.29) is 0 Å². The highest BCUT2D eigenvalue weighted by Gasteiger charge is 2.09. The maximum Gasteiger partial charge on any atom is 0.132 e. The van der Waals surface area contributed by atoms with Crippen molar-refractivity contribution in [3.05, 3.63) is 46.4 Å². The summed E-state index contributed by atoms with van der Waals surface area (Å²) in [5.74, 6) is 0.599. The van der Waals surface area contributed by atoms with E-state index in [4.69, 9.17) is 5.73 Å². The van der Waals surface area contributed by atoms with E-state index in [9.17, 15) is 0 Å². The first-order valence-corrected chi connectivity index (χ1v) is 6.80. The summed E-state index contributed by atoms with van der Waals surface area (Å²) in [4.78, 5) is 4.16. The second-order valence-electron chi connectivity index (χ2n) is 3.73. The summed E-state index contributed by atoms with van der Waals surface area (Å²) < 4.78 is 2.25. The zero-order chi connectivity index (χ0) is 11.8. The molecule has 0 bridgehead atoms. The van der Waals surface area contributed by atoms with Crippen molar-refractivity contribution in [2.45, 2.75) is 0 Å². The monoisotopic (exact) mass is 304 g/mol. The number of fused-ring (bicyclic) bond motifs is 1. The van der Waals surface area contributed by atoms with E-state index in [0.29, 0.717) is 5.82 Å². The average molecular weight is 305 g/mol. The predicted octanol–water partition coefficient (Wildman–Crippen LogP) is 4.31. The lowest BCUT2D eigenvalue weighted by atomic mass is 10.1. The summed E-state index contributed by atoms with van der Waals surface area (Å²) in [5, 5.41) is 3.19. The van der Waals surface area contributed by atoms with Crippen molar-refractivity contribution in [3.63, 3.8) is 0 Å². The van der Waals surface area contributed by atoms with Gasteiger partial charge >= 0.3 is 0 Å². The molecule has 0 saturated carbocycles. The molecular formula is C13H9BrN2S. The molecule has 0 atom stereocenters. The molecule has 0 aliphatic heterocycles. The number of halogens is 1. The Morgan fingerprint density at radius 2 is 1.88 bits per heavy atom.